The molecule has 0 aliphatic rings. The van der Waals surface area contributed by atoms with Crippen LogP contribution in [0.1, 0.15) is 27.5 Å². The van der Waals surface area contributed by atoms with E-state index in [2.05, 4.69) is 25.9 Å². The van der Waals surface area contributed by atoms with E-state index in [0.29, 0.717) is 18.2 Å². The van der Waals surface area contributed by atoms with Gasteiger partial charge in [-0.3, -0.25) is 14.9 Å². The van der Waals surface area contributed by atoms with Gasteiger partial charge >= 0.3 is 5.88 Å². The first-order chi connectivity index (χ1) is 13.4. The van der Waals surface area contributed by atoms with Gasteiger partial charge in [-0.25, -0.2) is 4.68 Å². The fraction of sp³-hybridized carbons (Fsp3) is 0.294. The van der Waals surface area contributed by atoms with Gasteiger partial charge in [0.25, 0.3) is 5.91 Å². The van der Waals surface area contributed by atoms with E-state index in [9.17, 15) is 14.9 Å². The second-order valence-electron chi connectivity index (χ2n) is 6.06. The van der Waals surface area contributed by atoms with Crippen LogP contribution in [0.3, 0.4) is 0 Å². The Morgan fingerprint density at radius 3 is 2.54 bits per heavy atom. The van der Waals surface area contributed by atoms with Crippen LogP contribution in [0.15, 0.2) is 28.7 Å². The Kier molecular flexibility index (Phi) is 5.34. The molecule has 3 aromatic heterocycles. The molecule has 146 valence electrons. The summed E-state index contributed by atoms with van der Waals surface area (Å²) in [5, 5.41) is 28.9. The van der Waals surface area contributed by atoms with Crippen molar-refractivity contribution >= 4 is 17.6 Å². The van der Waals surface area contributed by atoms with Gasteiger partial charge in [-0.05, 0) is 44.5 Å². The molecule has 1 amide bonds. The summed E-state index contributed by atoms with van der Waals surface area (Å²) in [6.45, 7) is 6.58. The predicted octanol–water partition coefficient (Wildman–Crippen LogP) is 1.93. The molecule has 0 aromatic carbocycles. The topological polar surface area (TPSA) is 141 Å². The van der Waals surface area contributed by atoms with E-state index < -0.39 is 16.7 Å². The first-order valence-corrected chi connectivity index (χ1v) is 8.50. The number of carbonyl (C=O) groups excluding carboxylic acids is 1. The number of hydrogen-bond acceptors (Lipinski definition) is 8. The molecule has 0 spiro atoms. The minimum atomic E-state index is -0.700. The van der Waals surface area contributed by atoms with Crippen molar-refractivity contribution in [3.63, 3.8) is 0 Å². The summed E-state index contributed by atoms with van der Waals surface area (Å²) in [6.07, 6.45) is 0. The molecule has 0 aliphatic carbocycles. The Labute approximate surface area is 159 Å². The van der Waals surface area contributed by atoms with Crippen LogP contribution in [-0.2, 0) is 0 Å². The van der Waals surface area contributed by atoms with Crippen LogP contribution in [0, 0.1) is 30.9 Å². The van der Waals surface area contributed by atoms with Crippen molar-refractivity contribution in [2.24, 2.45) is 0 Å². The Bertz CT molecular complexity index is 1010. The zero-order valence-corrected chi connectivity index (χ0v) is 15.6. The maximum Gasteiger partial charge on any atom is 0.433 e. The third-order valence-electron chi connectivity index (χ3n) is 4.23. The molecule has 0 saturated heterocycles. The molecule has 0 aliphatic heterocycles. The van der Waals surface area contributed by atoms with Gasteiger partial charge in [-0.1, -0.05) is 0 Å². The maximum absolute atomic E-state index is 11.9. The number of aryl methyl sites for hydroxylation is 1. The fourth-order valence-corrected chi connectivity index (χ4v) is 2.48. The molecule has 11 heteroatoms. The van der Waals surface area contributed by atoms with E-state index >= 15 is 0 Å². The highest BCUT2D eigenvalue weighted by atomic mass is 16.6. The summed E-state index contributed by atoms with van der Waals surface area (Å²) < 4.78 is 6.58. The minimum absolute atomic E-state index is 0.115. The number of hydrogen-bond donors (Lipinski definition) is 2. The van der Waals surface area contributed by atoms with E-state index in [1.54, 1.807) is 16.8 Å². The number of nitrogens with zero attached hydrogens (tertiary/aromatic N) is 5. The van der Waals surface area contributed by atoms with Crippen molar-refractivity contribution in [3.05, 3.63) is 57.1 Å². The standard InChI is InChI=1S/C17H19N7O4/c1-10-11(2)22-23(12(10)3)15-6-5-14(20-21-15)18-8-9-19-17(25)13-4-7-16(28-13)24(26)27/h4-7H,8-9H2,1-3H3,(H,18,20)(H,19,25). The van der Waals surface area contributed by atoms with Gasteiger partial charge in [0.2, 0.25) is 0 Å². The quantitative estimate of drug-likeness (QED) is 0.357. The van der Waals surface area contributed by atoms with Gasteiger partial charge in [-0.2, -0.15) is 5.10 Å². The van der Waals surface area contributed by atoms with Gasteiger partial charge in [0.1, 0.15) is 10.7 Å². The molecule has 0 fully saturated rings. The molecule has 11 nitrogen and oxygen atoms in total. The third-order valence-corrected chi connectivity index (χ3v) is 4.23. The summed E-state index contributed by atoms with van der Waals surface area (Å²) in [4.78, 5) is 21.7. The lowest BCUT2D eigenvalue weighted by molar-refractivity contribution is -0.402. The fourth-order valence-electron chi connectivity index (χ4n) is 2.48. The Morgan fingerprint density at radius 1 is 1.18 bits per heavy atom. The van der Waals surface area contributed by atoms with E-state index in [-0.39, 0.29) is 12.3 Å². The molecule has 0 saturated carbocycles. The van der Waals surface area contributed by atoms with Gasteiger partial charge in [0, 0.05) is 18.8 Å². The number of rotatable bonds is 7. The molecule has 28 heavy (non-hydrogen) atoms. The molecule has 2 N–H and O–H groups in total. The van der Waals surface area contributed by atoms with Crippen molar-refractivity contribution in [2.75, 3.05) is 18.4 Å². The first kappa shape index (κ1) is 19.0. The summed E-state index contributed by atoms with van der Waals surface area (Å²) in [6, 6.07) is 5.96. The first-order valence-electron chi connectivity index (χ1n) is 8.50. The number of aromatic nitrogens is 4. The van der Waals surface area contributed by atoms with Crippen LogP contribution in [-0.4, -0.2) is 43.9 Å². The lowest BCUT2D eigenvalue weighted by Crippen LogP contribution is -2.28. The maximum atomic E-state index is 11.9. The number of nitro groups is 1. The summed E-state index contributed by atoms with van der Waals surface area (Å²) in [5.41, 5.74) is 3.06. The van der Waals surface area contributed by atoms with Crippen LogP contribution >= 0.6 is 0 Å². The predicted molar refractivity (Wildman–Crippen MR) is 99.6 cm³/mol. The van der Waals surface area contributed by atoms with Crippen LogP contribution < -0.4 is 10.6 Å². The largest absolute Gasteiger partial charge is 0.433 e. The van der Waals surface area contributed by atoms with Gasteiger partial charge in [-0.15, -0.1) is 10.2 Å². The second-order valence-corrected chi connectivity index (χ2v) is 6.06. The van der Waals surface area contributed by atoms with E-state index in [4.69, 9.17) is 4.42 Å². The lowest BCUT2D eigenvalue weighted by atomic mass is 10.2. The average molecular weight is 385 g/mol. The van der Waals surface area contributed by atoms with Gasteiger partial charge in [0.05, 0.1) is 11.8 Å². The number of furan rings is 1. The van der Waals surface area contributed by atoms with Crippen molar-refractivity contribution < 1.29 is 14.1 Å². The third kappa shape index (κ3) is 3.98. The number of carbonyl (C=O) groups is 1. The molecular formula is C17H19N7O4. The summed E-state index contributed by atoms with van der Waals surface area (Å²) in [7, 11) is 0. The molecule has 0 bridgehead atoms. The smallest absolute Gasteiger partial charge is 0.395 e. The van der Waals surface area contributed by atoms with E-state index in [1.807, 2.05) is 20.8 Å². The van der Waals surface area contributed by atoms with Crippen molar-refractivity contribution in [2.45, 2.75) is 20.8 Å². The highest BCUT2D eigenvalue weighted by Crippen LogP contribution is 2.16. The highest BCUT2D eigenvalue weighted by Gasteiger charge is 2.16. The normalized spacial score (nSPS) is 10.7. The van der Waals surface area contributed by atoms with E-state index in [0.717, 1.165) is 23.0 Å². The summed E-state index contributed by atoms with van der Waals surface area (Å²) >= 11 is 0. The second kappa shape index (κ2) is 7.86. The van der Waals surface area contributed by atoms with Gasteiger partial charge < -0.3 is 15.1 Å². The molecule has 3 heterocycles. The van der Waals surface area contributed by atoms with Crippen molar-refractivity contribution in [3.8, 4) is 5.82 Å². The Morgan fingerprint density at radius 2 is 1.96 bits per heavy atom. The number of nitrogens with one attached hydrogen (secondary N) is 2. The molecule has 3 aromatic rings. The summed E-state index contributed by atoms with van der Waals surface area (Å²) in [5.74, 6) is 0.0422. The zero-order valence-electron chi connectivity index (χ0n) is 15.6. The zero-order chi connectivity index (χ0) is 20.3. The Hall–Kier alpha value is -3.76. The monoisotopic (exact) mass is 385 g/mol. The lowest BCUT2D eigenvalue weighted by Gasteiger charge is -2.07. The van der Waals surface area contributed by atoms with E-state index in [1.165, 1.54) is 6.07 Å². The highest BCUT2D eigenvalue weighted by molar-refractivity contribution is 5.91. The van der Waals surface area contributed by atoms with Crippen LogP contribution in [0.5, 0.6) is 0 Å². The molecule has 0 radical (unpaired) electrons. The van der Waals surface area contributed by atoms with Crippen LogP contribution in [0.4, 0.5) is 11.7 Å². The van der Waals surface area contributed by atoms with Gasteiger partial charge in [0.15, 0.2) is 11.6 Å². The number of amides is 1. The average Bonchev–Trinajstić information content (AvgIpc) is 3.27. The minimum Gasteiger partial charge on any atom is -0.395 e. The molecular weight excluding hydrogens is 366 g/mol. The van der Waals surface area contributed by atoms with Crippen molar-refractivity contribution in [1.82, 2.24) is 25.3 Å². The molecule has 0 atom stereocenters. The molecule has 3 rings (SSSR count). The van der Waals surface area contributed by atoms with Crippen molar-refractivity contribution in [1.29, 1.82) is 0 Å². The Balaban J connectivity index is 1.50. The van der Waals surface area contributed by atoms with Crippen LogP contribution in [0.2, 0.25) is 0 Å². The SMILES string of the molecule is Cc1nn(-c2ccc(NCCNC(=O)c3ccc([N+](=O)[O-])o3)nn2)c(C)c1C. The molecule has 0 unspecified atom stereocenters. The number of anilines is 1. The van der Waals surface area contributed by atoms with Crippen LogP contribution in [0.25, 0.3) is 5.82 Å².